The lowest BCUT2D eigenvalue weighted by molar-refractivity contribution is -0.134. The van der Waals surface area contributed by atoms with Crippen molar-refractivity contribution in [2.45, 2.75) is 78.7 Å². The maximum atomic E-state index is 13.4. The van der Waals surface area contributed by atoms with Gasteiger partial charge in [-0.25, -0.2) is 0 Å². The summed E-state index contributed by atoms with van der Waals surface area (Å²) in [7, 11) is 0. The van der Waals surface area contributed by atoms with E-state index in [9.17, 15) is 38.4 Å². The van der Waals surface area contributed by atoms with E-state index >= 15 is 0 Å². The zero-order chi connectivity index (χ0) is 37.2. The highest BCUT2D eigenvalue weighted by molar-refractivity contribution is 6.01. The molecule has 16 heteroatoms. The van der Waals surface area contributed by atoms with E-state index in [0.29, 0.717) is 32.1 Å². The van der Waals surface area contributed by atoms with Crippen molar-refractivity contribution in [1.29, 1.82) is 0 Å². The van der Waals surface area contributed by atoms with Crippen molar-refractivity contribution in [3.63, 3.8) is 0 Å². The molecule has 0 aliphatic carbocycles. The average Bonchev–Trinajstić information content (AvgIpc) is 3.02. The Morgan fingerprint density at radius 1 is 0.600 bits per heavy atom. The summed E-state index contributed by atoms with van der Waals surface area (Å²) < 4.78 is 20.5. The molecule has 0 aliphatic heterocycles. The zero-order valence-corrected chi connectivity index (χ0v) is 28.4. The summed E-state index contributed by atoms with van der Waals surface area (Å²) >= 11 is 0. The third-order valence-corrected chi connectivity index (χ3v) is 6.67. The van der Waals surface area contributed by atoms with Gasteiger partial charge in [0.05, 0.1) is 11.1 Å². The first-order valence-electron chi connectivity index (χ1n) is 15.8. The van der Waals surface area contributed by atoms with Crippen LogP contribution in [-0.4, -0.2) is 66.6 Å². The van der Waals surface area contributed by atoms with Crippen LogP contribution in [0, 0.1) is 0 Å². The highest BCUT2D eigenvalue weighted by Gasteiger charge is 2.26. The van der Waals surface area contributed by atoms with E-state index in [1.807, 2.05) is 0 Å². The number of carbonyl (C=O) groups excluding carboxylic acids is 8. The monoisotopic (exact) mass is 698 g/mol. The lowest BCUT2D eigenvalue weighted by Gasteiger charge is -2.20. The normalized spacial score (nSPS) is 11.0. The van der Waals surface area contributed by atoms with Gasteiger partial charge in [-0.1, -0.05) is 18.6 Å². The number of esters is 4. The quantitative estimate of drug-likeness (QED) is 0.0939. The second-order valence-corrected chi connectivity index (χ2v) is 11.0. The van der Waals surface area contributed by atoms with Crippen LogP contribution in [0.5, 0.6) is 23.0 Å². The number of nitrogens with one attached hydrogen (secondary N) is 3. The smallest absolute Gasteiger partial charge is 0.308 e. The maximum absolute atomic E-state index is 13.4. The van der Waals surface area contributed by atoms with Gasteiger partial charge < -0.3 is 40.6 Å². The predicted molar refractivity (Wildman–Crippen MR) is 176 cm³/mol. The van der Waals surface area contributed by atoms with Gasteiger partial charge in [0.15, 0.2) is 23.0 Å². The molecule has 0 saturated heterocycles. The molecule has 0 spiro atoms. The van der Waals surface area contributed by atoms with Crippen molar-refractivity contribution < 1.29 is 57.3 Å². The van der Waals surface area contributed by atoms with E-state index in [4.69, 9.17) is 24.7 Å². The molecule has 4 amide bonds. The Morgan fingerprint density at radius 3 is 1.58 bits per heavy atom. The van der Waals surface area contributed by atoms with Gasteiger partial charge in [-0.2, -0.15) is 0 Å². The Bertz CT molecular complexity index is 1590. The van der Waals surface area contributed by atoms with E-state index in [2.05, 4.69) is 16.0 Å². The van der Waals surface area contributed by atoms with Crippen LogP contribution in [0.2, 0.25) is 0 Å². The van der Waals surface area contributed by atoms with Crippen molar-refractivity contribution in [3.05, 3.63) is 47.5 Å². The van der Waals surface area contributed by atoms with Gasteiger partial charge >= 0.3 is 23.9 Å². The van der Waals surface area contributed by atoms with E-state index in [-0.39, 0.29) is 60.1 Å². The van der Waals surface area contributed by atoms with Gasteiger partial charge in [-0.3, -0.25) is 38.4 Å². The lowest BCUT2D eigenvalue weighted by Crippen LogP contribution is -2.47. The molecule has 0 aromatic heterocycles. The van der Waals surface area contributed by atoms with Crippen LogP contribution in [0.4, 0.5) is 0 Å². The summed E-state index contributed by atoms with van der Waals surface area (Å²) in [5, 5.41) is 8.10. The number of unbranched alkanes of at least 4 members (excludes halogenated alkanes) is 3. The zero-order valence-electron chi connectivity index (χ0n) is 28.4. The highest BCUT2D eigenvalue weighted by atomic mass is 16.6. The standard InChI is InChI=1S/C34H42N4O12/c1-20(39)47-27-15-10-12-24(30(27)49-22(3)41)32(44)36-19-9-7-14-26(34(46)37-18-8-5-6-17-29(35)43)38-33(45)25-13-11-16-28(48-21(2)40)31(25)50-23(4)42/h10-13,15-16,26H,5-9,14,17-19H2,1-4H3,(H2,35,43)(H,36,44)(H,37,46)(H,38,45)/t26-/m0/s1. The number of ether oxygens (including phenoxy) is 4. The lowest BCUT2D eigenvalue weighted by atomic mass is 10.1. The van der Waals surface area contributed by atoms with Gasteiger partial charge in [0.1, 0.15) is 6.04 Å². The Hall–Kier alpha value is -5.80. The molecule has 5 N–H and O–H groups in total. The summed E-state index contributed by atoms with van der Waals surface area (Å²) in [6.45, 7) is 4.93. The van der Waals surface area contributed by atoms with Crippen LogP contribution in [0.1, 0.15) is 93.4 Å². The third-order valence-electron chi connectivity index (χ3n) is 6.67. The van der Waals surface area contributed by atoms with Gasteiger partial charge in [0.2, 0.25) is 11.8 Å². The number of para-hydroxylation sites is 2. The second-order valence-electron chi connectivity index (χ2n) is 11.0. The first-order valence-corrected chi connectivity index (χ1v) is 15.8. The maximum Gasteiger partial charge on any atom is 0.308 e. The first-order chi connectivity index (χ1) is 23.7. The van der Waals surface area contributed by atoms with E-state index < -0.39 is 53.5 Å². The van der Waals surface area contributed by atoms with Gasteiger partial charge in [0, 0.05) is 47.2 Å². The Labute approximate surface area is 288 Å². The van der Waals surface area contributed by atoms with Crippen molar-refractivity contribution in [2.75, 3.05) is 13.1 Å². The van der Waals surface area contributed by atoms with Gasteiger partial charge in [0.25, 0.3) is 11.8 Å². The molecule has 0 bridgehead atoms. The highest BCUT2D eigenvalue weighted by Crippen LogP contribution is 2.33. The molecule has 2 aromatic carbocycles. The molecule has 0 saturated carbocycles. The Kier molecular flexibility index (Phi) is 16.6. The molecule has 0 heterocycles. The summed E-state index contributed by atoms with van der Waals surface area (Å²) in [4.78, 5) is 97.1. The topological polar surface area (TPSA) is 236 Å². The predicted octanol–water partition coefficient (Wildman–Crippen LogP) is 2.25. The summed E-state index contributed by atoms with van der Waals surface area (Å²) in [6.07, 6.45) is 2.80. The molecule has 0 aliphatic rings. The van der Waals surface area contributed by atoms with Crippen LogP contribution >= 0.6 is 0 Å². The Morgan fingerprint density at radius 2 is 1.08 bits per heavy atom. The summed E-state index contributed by atoms with van der Waals surface area (Å²) in [5.41, 5.74) is 4.96. The van der Waals surface area contributed by atoms with E-state index in [0.717, 1.165) is 27.7 Å². The van der Waals surface area contributed by atoms with Crippen molar-refractivity contribution in [2.24, 2.45) is 5.73 Å². The molecule has 2 rings (SSSR count). The number of rotatable bonds is 19. The molecule has 270 valence electrons. The van der Waals surface area contributed by atoms with Crippen LogP contribution in [0.15, 0.2) is 36.4 Å². The van der Waals surface area contributed by atoms with Crippen LogP contribution in [-0.2, 0) is 28.8 Å². The van der Waals surface area contributed by atoms with Gasteiger partial charge in [-0.15, -0.1) is 0 Å². The number of hydrogen-bond donors (Lipinski definition) is 4. The first kappa shape index (κ1) is 40.4. The molecule has 16 nitrogen and oxygen atoms in total. The largest absolute Gasteiger partial charge is 0.423 e. The molecule has 50 heavy (non-hydrogen) atoms. The number of primary amides is 1. The molecule has 0 unspecified atom stereocenters. The van der Waals surface area contributed by atoms with Crippen molar-refractivity contribution >= 4 is 47.5 Å². The fourth-order valence-electron chi connectivity index (χ4n) is 4.57. The summed E-state index contributed by atoms with van der Waals surface area (Å²) in [5.74, 6) is -5.98. The number of benzene rings is 2. The average molecular weight is 699 g/mol. The number of carbonyl (C=O) groups is 8. The van der Waals surface area contributed by atoms with E-state index in [1.165, 1.54) is 36.4 Å². The Balaban J connectivity index is 2.15. The summed E-state index contributed by atoms with van der Waals surface area (Å²) in [6, 6.07) is 7.25. The van der Waals surface area contributed by atoms with Gasteiger partial charge in [-0.05, 0) is 56.4 Å². The number of nitrogens with two attached hydrogens (primary N) is 1. The molecule has 1 atom stereocenters. The minimum Gasteiger partial charge on any atom is -0.423 e. The van der Waals surface area contributed by atoms with Crippen LogP contribution in [0.3, 0.4) is 0 Å². The minimum atomic E-state index is -1.07. The number of amides is 4. The second kappa shape index (κ2) is 20.5. The van der Waals surface area contributed by atoms with Crippen LogP contribution in [0.25, 0.3) is 0 Å². The molecule has 2 aromatic rings. The molecule has 0 radical (unpaired) electrons. The van der Waals surface area contributed by atoms with Crippen molar-refractivity contribution in [3.8, 4) is 23.0 Å². The molecule has 0 fully saturated rings. The fraction of sp³-hybridized carbons (Fsp3) is 0.412. The minimum absolute atomic E-state index is 0.0427. The van der Waals surface area contributed by atoms with Crippen LogP contribution < -0.4 is 40.6 Å². The third kappa shape index (κ3) is 14.1. The molecular weight excluding hydrogens is 656 g/mol. The SMILES string of the molecule is CC(=O)Oc1cccc(C(=O)NCCCC[C@H](NC(=O)c2cccc(OC(C)=O)c2OC(C)=O)C(=O)NCCCCCC(N)=O)c1OC(C)=O. The van der Waals surface area contributed by atoms with Crippen molar-refractivity contribution in [1.82, 2.24) is 16.0 Å². The number of hydrogen-bond acceptors (Lipinski definition) is 12. The fourth-order valence-corrected chi connectivity index (χ4v) is 4.57. The van der Waals surface area contributed by atoms with E-state index in [1.54, 1.807) is 0 Å². The molecular formula is C34H42N4O12.